The Bertz CT molecular complexity index is 448. The molecule has 0 spiro atoms. The van der Waals surface area contributed by atoms with Gasteiger partial charge in [0.2, 0.25) is 0 Å². The molecule has 0 aliphatic heterocycles. The van der Waals surface area contributed by atoms with Gasteiger partial charge in [-0.3, -0.25) is 0 Å². The van der Waals surface area contributed by atoms with Crippen LogP contribution in [-0.4, -0.2) is 17.5 Å². The van der Waals surface area contributed by atoms with E-state index in [2.05, 4.69) is 5.32 Å². The summed E-state index contributed by atoms with van der Waals surface area (Å²) in [6.07, 6.45) is 0.526. The molecule has 1 aliphatic carbocycles. The summed E-state index contributed by atoms with van der Waals surface area (Å²) in [6.45, 7) is 0. The molecule has 19 heavy (non-hydrogen) atoms. The lowest BCUT2D eigenvalue weighted by atomic mass is 10.1. The van der Waals surface area contributed by atoms with Crippen LogP contribution in [0.5, 0.6) is 0 Å². The van der Waals surface area contributed by atoms with E-state index in [1.165, 1.54) is 12.1 Å². The Morgan fingerprint density at radius 3 is 2.63 bits per heavy atom. The van der Waals surface area contributed by atoms with Crippen LogP contribution < -0.4 is 11.1 Å². The van der Waals surface area contributed by atoms with Crippen molar-refractivity contribution < 1.29 is 13.2 Å². The van der Waals surface area contributed by atoms with Crippen LogP contribution in [0.3, 0.4) is 0 Å². The van der Waals surface area contributed by atoms with Crippen molar-refractivity contribution in [3.63, 3.8) is 0 Å². The number of nitrogens with two attached hydrogens (primary N) is 1. The van der Waals surface area contributed by atoms with Gasteiger partial charge in [-0.2, -0.15) is 24.9 Å². The van der Waals surface area contributed by atoms with E-state index in [9.17, 15) is 13.2 Å². The van der Waals surface area contributed by atoms with Gasteiger partial charge >= 0.3 is 6.18 Å². The lowest BCUT2D eigenvalue weighted by Crippen LogP contribution is -2.19. The summed E-state index contributed by atoms with van der Waals surface area (Å²) < 4.78 is 38.8. The van der Waals surface area contributed by atoms with Crippen LogP contribution >= 0.6 is 11.8 Å². The standard InChI is InChI=1S/C13H17F3N2S/c1-19-10-4-3-9(7-10)18-12-5-2-8(17)6-11(12)13(14,15)16/h2,5-6,9-10,18H,3-4,7,17H2,1H3. The third-order valence-corrected chi connectivity index (χ3v) is 4.52. The molecule has 1 aliphatic rings. The molecule has 2 atom stereocenters. The molecule has 1 aromatic carbocycles. The molecule has 0 aromatic heterocycles. The number of alkyl halides is 3. The van der Waals surface area contributed by atoms with Crippen molar-refractivity contribution in [2.45, 2.75) is 36.7 Å². The summed E-state index contributed by atoms with van der Waals surface area (Å²) >= 11 is 1.78. The lowest BCUT2D eigenvalue weighted by Gasteiger charge is -2.19. The number of benzene rings is 1. The Morgan fingerprint density at radius 2 is 2.05 bits per heavy atom. The van der Waals surface area contributed by atoms with Gasteiger partial charge < -0.3 is 11.1 Å². The van der Waals surface area contributed by atoms with Gasteiger partial charge in [-0.15, -0.1) is 0 Å². The van der Waals surface area contributed by atoms with E-state index in [1.807, 2.05) is 6.26 Å². The second kappa shape index (κ2) is 5.53. The normalized spacial score (nSPS) is 23.6. The number of nitrogen functional groups attached to an aromatic ring is 1. The fraction of sp³-hybridized carbons (Fsp3) is 0.538. The van der Waals surface area contributed by atoms with E-state index in [-0.39, 0.29) is 17.4 Å². The molecule has 1 saturated carbocycles. The van der Waals surface area contributed by atoms with Crippen LogP contribution in [0.15, 0.2) is 18.2 Å². The van der Waals surface area contributed by atoms with E-state index in [1.54, 1.807) is 11.8 Å². The first kappa shape index (κ1) is 14.4. The molecule has 0 amide bonds. The average Bonchev–Trinajstić information content (AvgIpc) is 2.78. The topological polar surface area (TPSA) is 38.0 Å². The third kappa shape index (κ3) is 3.49. The van der Waals surface area contributed by atoms with Crippen molar-refractivity contribution in [3.8, 4) is 0 Å². The van der Waals surface area contributed by atoms with Crippen LogP contribution in [0, 0.1) is 0 Å². The zero-order chi connectivity index (χ0) is 14.0. The van der Waals surface area contributed by atoms with Crippen LogP contribution in [0.25, 0.3) is 0 Å². The van der Waals surface area contributed by atoms with Gasteiger partial charge in [0.15, 0.2) is 0 Å². The van der Waals surface area contributed by atoms with Gasteiger partial charge in [0.25, 0.3) is 0 Å². The Balaban J connectivity index is 2.16. The highest BCUT2D eigenvalue weighted by molar-refractivity contribution is 7.99. The van der Waals surface area contributed by atoms with E-state index in [0.29, 0.717) is 5.25 Å². The third-order valence-electron chi connectivity index (χ3n) is 3.43. The molecule has 3 N–H and O–H groups in total. The lowest BCUT2D eigenvalue weighted by molar-refractivity contribution is -0.136. The second-order valence-corrected chi connectivity index (χ2v) is 5.95. The Labute approximate surface area is 114 Å². The second-order valence-electron chi connectivity index (χ2n) is 4.81. The number of hydrogen-bond acceptors (Lipinski definition) is 3. The molecule has 2 rings (SSSR count). The zero-order valence-corrected chi connectivity index (χ0v) is 11.4. The van der Waals surface area contributed by atoms with Crippen molar-refractivity contribution >= 4 is 23.1 Å². The Kier molecular flexibility index (Phi) is 4.18. The highest BCUT2D eigenvalue weighted by Crippen LogP contribution is 2.38. The molecular weight excluding hydrogens is 273 g/mol. The molecule has 0 radical (unpaired) electrons. The first-order valence-corrected chi connectivity index (χ1v) is 7.45. The molecule has 1 aromatic rings. The number of thioether (sulfide) groups is 1. The first-order chi connectivity index (χ1) is 8.90. The maximum absolute atomic E-state index is 12.9. The van der Waals surface area contributed by atoms with Gasteiger partial charge in [0.1, 0.15) is 0 Å². The summed E-state index contributed by atoms with van der Waals surface area (Å²) in [7, 11) is 0. The van der Waals surface area contributed by atoms with Crippen LogP contribution in [0.2, 0.25) is 0 Å². The molecule has 6 heteroatoms. The molecule has 0 saturated heterocycles. The van der Waals surface area contributed by atoms with E-state index >= 15 is 0 Å². The van der Waals surface area contributed by atoms with Crippen LogP contribution in [-0.2, 0) is 6.18 Å². The number of nitrogens with one attached hydrogen (secondary N) is 1. The largest absolute Gasteiger partial charge is 0.418 e. The molecule has 1 fully saturated rings. The van der Waals surface area contributed by atoms with Crippen molar-refractivity contribution in [1.82, 2.24) is 0 Å². The minimum atomic E-state index is -4.38. The quantitative estimate of drug-likeness (QED) is 0.827. The maximum atomic E-state index is 12.9. The van der Waals surface area contributed by atoms with Crippen LogP contribution in [0.1, 0.15) is 24.8 Å². The fourth-order valence-corrected chi connectivity index (χ4v) is 3.22. The van der Waals surface area contributed by atoms with Crippen LogP contribution in [0.4, 0.5) is 24.5 Å². The van der Waals surface area contributed by atoms with Gasteiger partial charge in [0, 0.05) is 22.7 Å². The highest BCUT2D eigenvalue weighted by atomic mass is 32.2. The Morgan fingerprint density at radius 1 is 1.32 bits per heavy atom. The molecule has 2 unspecified atom stereocenters. The number of anilines is 2. The zero-order valence-electron chi connectivity index (χ0n) is 10.6. The SMILES string of the molecule is CSC1CCC(Nc2ccc(N)cc2C(F)(F)F)C1. The van der Waals surface area contributed by atoms with Gasteiger partial charge in [-0.1, -0.05) is 0 Å². The molecule has 106 valence electrons. The van der Waals surface area contributed by atoms with Gasteiger partial charge in [0.05, 0.1) is 5.56 Å². The van der Waals surface area contributed by atoms with E-state index in [0.717, 1.165) is 25.3 Å². The minimum absolute atomic E-state index is 0.113. The smallest absolute Gasteiger partial charge is 0.399 e. The van der Waals surface area contributed by atoms with Gasteiger partial charge in [-0.25, -0.2) is 0 Å². The monoisotopic (exact) mass is 290 g/mol. The predicted molar refractivity (Wildman–Crippen MR) is 74.4 cm³/mol. The summed E-state index contributed by atoms with van der Waals surface area (Å²) in [5.74, 6) is 0. The first-order valence-electron chi connectivity index (χ1n) is 6.16. The fourth-order valence-electron chi connectivity index (χ4n) is 2.43. The average molecular weight is 290 g/mol. The summed E-state index contributed by atoms with van der Waals surface area (Å²) in [4.78, 5) is 0. The summed E-state index contributed by atoms with van der Waals surface area (Å²) in [5, 5.41) is 3.56. The van der Waals surface area contributed by atoms with Gasteiger partial charge in [-0.05, 0) is 43.7 Å². The molecule has 0 heterocycles. The van der Waals surface area contributed by atoms with Crippen molar-refractivity contribution in [1.29, 1.82) is 0 Å². The number of halogens is 3. The van der Waals surface area contributed by atoms with Crippen molar-refractivity contribution in [3.05, 3.63) is 23.8 Å². The van der Waals surface area contributed by atoms with E-state index in [4.69, 9.17) is 5.73 Å². The van der Waals surface area contributed by atoms with E-state index < -0.39 is 11.7 Å². The van der Waals surface area contributed by atoms with Crippen molar-refractivity contribution in [2.75, 3.05) is 17.3 Å². The summed E-state index contributed by atoms with van der Waals surface area (Å²) in [6, 6.07) is 4.02. The highest BCUT2D eigenvalue weighted by Gasteiger charge is 2.35. The molecular formula is C13H17F3N2S. The Hall–Kier alpha value is -1.04. The summed E-state index contributed by atoms with van der Waals surface area (Å²) in [5.41, 5.74) is 5.03. The van der Waals surface area contributed by atoms with Crippen molar-refractivity contribution in [2.24, 2.45) is 0 Å². The minimum Gasteiger partial charge on any atom is -0.399 e. The maximum Gasteiger partial charge on any atom is 0.418 e. The number of rotatable bonds is 3. The molecule has 2 nitrogen and oxygen atoms in total. The molecule has 0 bridgehead atoms. The number of hydrogen-bond donors (Lipinski definition) is 2. The predicted octanol–water partition coefficient (Wildman–Crippen LogP) is 3.98.